The van der Waals surface area contributed by atoms with Crippen LogP contribution in [0.2, 0.25) is 0 Å². The second-order valence-corrected chi connectivity index (χ2v) is 5.91. The van der Waals surface area contributed by atoms with E-state index < -0.39 is 0 Å². The van der Waals surface area contributed by atoms with Gasteiger partial charge in [0.1, 0.15) is 11.3 Å². The van der Waals surface area contributed by atoms with E-state index in [9.17, 15) is 4.79 Å². The molecule has 0 fully saturated rings. The summed E-state index contributed by atoms with van der Waals surface area (Å²) in [5.41, 5.74) is 2.52. The Balaban J connectivity index is 1.89. The second kappa shape index (κ2) is 7.06. The predicted octanol–water partition coefficient (Wildman–Crippen LogP) is 2.87. The third-order valence-corrected chi connectivity index (χ3v) is 4.05. The van der Waals surface area contributed by atoms with Crippen molar-refractivity contribution in [2.45, 2.75) is 33.8 Å². The van der Waals surface area contributed by atoms with Crippen LogP contribution in [0, 0.1) is 20.8 Å². The summed E-state index contributed by atoms with van der Waals surface area (Å²) >= 11 is 0. The minimum atomic E-state index is -0.332. The molecule has 0 aliphatic rings. The number of ether oxygens (including phenoxy) is 2. The van der Waals surface area contributed by atoms with Gasteiger partial charge in [0.15, 0.2) is 12.4 Å². The van der Waals surface area contributed by atoms with Crippen LogP contribution in [-0.4, -0.2) is 23.9 Å². The zero-order valence-electron chi connectivity index (χ0n) is 14.7. The molecule has 2 aromatic heterocycles. The summed E-state index contributed by atoms with van der Waals surface area (Å²) in [5, 5.41) is 4.66. The molecule has 0 radical (unpaired) electrons. The van der Waals surface area contributed by atoms with Crippen molar-refractivity contribution in [3.8, 4) is 5.75 Å². The SMILES string of the molecule is COCCc1noc(COc2cc(C)cc3oc(=O)c(C)c(C)c23)n1. The van der Waals surface area contributed by atoms with Crippen molar-refractivity contribution in [2.75, 3.05) is 13.7 Å². The monoisotopic (exact) mass is 344 g/mol. The van der Waals surface area contributed by atoms with Crippen LogP contribution in [0.15, 0.2) is 25.9 Å². The number of benzene rings is 1. The molecule has 0 spiro atoms. The maximum absolute atomic E-state index is 11.9. The molecule has 7 nitrogen and oxygen atoms in total. The number of aryl methyl sites for hydroxylation is 2. The fraction of sp³-hybridized carbons (Fsp3) is 0.389. The van der Waals surface area contributed by atoms with Gasteiger partial charge >= 0.3 is 5.63 Å². The van der Waals surface area contributed by atoms with Crippen LogP contribution in [0.1, 0.15) is 28.4 Å². The Morgan fingerprint density at radius 3 is 2.72 bits per heavy atom. The lowest BCUT2D eigenvalue weighted by Crippen LogP contribution is -2.07. The third-order valence-electron chi connectivity index (χ3n) is 4.05. The van der Waals surface area contributed by atoms with E-state index in [0.717, 1.165) is 16.5 Å². The van der Waals surface area contributed by atoms with E-state index in [1.807, 2.05) is 26.0 Å². The lowest BCUT2D eigenvalue weighted by atomic mass is 10.0. The first-order valence-corrected chi connectivity index (χ1v) is 7.97. The highest BCUT2D eigenvalue weighted by atomic mass is 16.5. The van der Waals surface area contributed by atoms with Gasteiger partial charge in [0.25, 0.3) is 5.89 Å². The predicted molar refractivity (Wildman–Crippen MR) is 90.9 cm³/mol. The Morgan fingerprint density at radius 1 is 1.16 bits per heavy atom. The summed E-state index contributed by atoms with van der Waals surface area (Å²) in [6, 6.07) is 3.72. The topological polar surface area (TPSA) is 87.6 Å². The van der Waals surface area contributed by atoms with Crippen LogP contribution < -0.4 is 10.4 Å². The lowest BCUT2D eigenvalue weighted by Gasteiger charge is -2.11. The first-order valence-electron chi connectivity index (χ1n) is 7.97. The van der Waals surface area contributed by atoms with Gasteiger partial charge in [-0.3, -0.25) is 0 Å². The molecule has 0 saturated carbocycles. The van der Waals surface area contributed by atoms with Crippen LogP contribution in [0.4, 0.5) is 0 Å². The molecule has 0 N–H and O–H groups in total. The second-order valence-electron chi connectivity index (χ2n) is 5.91. The molecule has 0 atom stereocenters. The van der Waals surface area contributed by atoms with Gasteiger partial charge in [-0.15, -0.1) is 0 Å². The van der Waals surface area contributed by atoms with Crippen molar-refractivity contribution in [3.63, 3.8) is 0 Å². The summed E-state index contributed by atoms with van der Waals surface area (Å²) in [5.74, 6) is 1.58. The van der Waals surface area contributed by atoms with Crippen LogP contribution in [-0.2, 0) is 17.8 Å². The zero-order valence-corrected chi connectivity index (χ0v) is 14.7. The summed E-state index contributed by atoms with van der Waals surface area (Å²) < 4.78 is 21.5. The van der Waals surface area contributed by atoms with Crippen LogP contribution >= 0.6 is 0 Å². The molecule has 0 saturated heterocycles. The first-order chi connectivity index (χ1) is 12.0. The van der Waals surface area contributed by atoms with E-state index in [1.54, 1.807) is 14.0 Å². The van der Waals surface area contributed by atoms with E-state index in [1.165, 1.54) is 0 Å². The number of hydrogen-bond donors (Lipinski definition) is 0. The van der Waals surface area contributed by atoms with E-state index >= 15 is 0 Å². The average Bonchev–Trinajstić information content (AvgIpc) is 3.03. The van der Waals surface area contributed by atoms with Gasteiger partial charge in [-0.05, 0) is 44.0 Å². The van der Waals surface area contributed by atoms with Crippen molar-refractivity contribution >= 4 is 11.0 Å². The maximum atomic E-state index is 11.9. The first kappa shape index (κ1) is 17.2. The maximum Gasteiger partial charge on any atom is 0.339 e. The molecule has 3 rings (SSSR count). The summed E-state index contributed by atoms with van der Waals surface area (Å²) in [6.07, 6.45) is 0.580. The van der Waals surface area contributed by atoms with Gasteiger partial charge in [0.05, 0.1) is 12.0 Å². The number of aromatic nitrogens is 2. The van der Waals surface area contributed by atoms with Crippen LogP contribution in [0.5, 0.6) is 5.75 Å². The fourth-order valence-electron chi connectivity index (χ4n) is 2.59. The van der Waals surface area contributed by atoms with Gasteiger partial charge in [0, 0.05) is 19.1 Å². The molecule has 25 heavy (non-hydrogen) atoms. The van der Waals surface area contributed by atoms with Crippen molar-refractivity contribution in [2.24, 2.45) is 0 Å². The summed E-state index contributed by atoms with van der Waals surface area (Å²) in [6.45, 7) is 6.20. The highest BCUT2D eigenvalue weighted by molar-refractivity contribution is 5.88. The van der Waals surface area contributed by atoms with Gasteiger partial charge in [-0.25, -0.2) is 4.79 Å². The van der Waals surface area contributed by atoms with Crippen molar-refractivity contribution < 1.29 is 18.4 Å². The van der Waals surface area contributed by atoms with Crippen LogP contribution in [0.25, 0.3) is 11.0 Å². The molecule has 0 aliphatic carbocycles. The molecular weight excluding hydrogens is 324 g/mol. The Hall–Kier alpha value is -2.67. The van der Waals surface area contributed by atoms with Crippen molar-refractivity contribution in [3.05, 3.63) is 51.0 Å². The van der Waals surface area contributed by atoms with E-state index in [-0.39, 0.29) is 12.2 Å². The van der Waals surface area contributed by atoms with E-state index in [4.69, 9.17) is 18.4 Å². The molecule has 0 aliphatic heterocycles. The van der Waals surface area contributed by atoms with Gasteiger partial charge < -0.3 is 18.4 Å². The van der Waals surface area contributed by atoms with Gasteiger partial charge in [-0.2, -0.15) is 4.98 Å². The van der Waals surface area contributed by atoms with E-state index in [2.05, 4.69) is 10.1 Å². The van der Waals surface area contributed by atoms with Crippen molar-refractivity contribution in [1.29, 1.82) is 0 Å². The number of rotatable bonds is 6. The molecule has 7 heteroatoms. The Morgan fingerprint density at radius 2 is 1.96 bits per heavy atom. The minimum Gasteiger partial charge on any atom is -0.483 e. The lowest BCUT2D eigenvalue weighted by molar-refractivity contribution is 0.199. The molecule has 132 valence electrons. The molecule has 1 aromatic carbocycles. The molecule has 0 unspecified atom stereocenters. The average molecular weight is 344 g/mol. The summed E-state index contributed by atoms with van der Waals surface area (Å²) in [4.78, 5) is 16.2. The summed E-state index contributed by atoms with van der Waals surface area (Å²) in [7, 11) is 1.62. The van der Waals surface area contributed by atoms with Gasteiger partial charge in [0.2, 0.25) is 0 Å². The highest BCUT2D eigenvalue weighted by Crippen LogP contribution is 2.31. The minimum absolute atomic E-state index is 0.135. The fourth-order valence-corrected chi connectivity index (χ4v) is 2.59. The quantitative estimate of drug-likeness (QED) is 0.635. The van der Waals surface area contributed by atoms with E-state index in [0.29, 0.717) is 41.6 Å². The van der Waals surface area contributed by atoms with Gasteiger partial charge in [-0.1, -0.05) is 5.16 Å². The third kappa shape index (κ3) is 3.56. The molecule has 0 amide bonds. The number of nitrogens with zero attached hydrogens (tertiary/aromatic N) is 2. The zero-order chi connectivity index (χ0) is 18.0. The number of fused-ring (bicyclic) bond motifs is 1. The normalized spacial score (nSPS) is 11.2. The standard InChI is InChI=1S/C18H20N2O5/c1-10-7-13(17-11(2)12(3)18(21)24-14(17)8-10)23-9-16-19-15(20-25-16)5-6-22-4/h7-8H,5-6,9H2,1-4H3. The smallest absolute Gasteiger partial charge is 0.339 e. The Kier molecular flexibility index (Phi) is 4.85. The number of hydrogen-bond acceptors (Lipinski definition) is 7. The van der Waals surface area contributed by atoms with Crippen molar-refractivity contribution in [1.82, 2.24) is 10.1 Å². The van der Waals surface area contributed by atoms with Crippen LogP contribution in [0.3, 0.4) is 0 Å². The molecule has 3 aromatic rings. The highest BCUT2D eigenvalue weighted by Gasteiger charge is 2.15. The number of methoxy groups -OCH3 is 1. The molecular formula is C18H20N2O5. The largest absolute Gasteiger partial charge is 0.483 e. The Bertz CT molecular complexity index is 958. The molecule has 0 bridgehead atoms. The molecule has 2 heterocycles. The Labute approximate surface area is 144 Å².